The van der Waals surface area contributed by atoms with E-state index in [0.717, 1.165) is 28.8 Å². The molecule has 43 heavy (non-hydrogen) atoms. The second-order valence-corrected chi connectivity index (χ2v) is 11.4. The minimum Gasteiger partial charge on any atom is -0.478 e. The van der Waals surface area contributed by atoms with Gasteiger partial charge >= 0.3 is 12.1 Å². The fraction of sp³-hybridized carbons (Fsp3) is 0.121. The highest BCUT2D eigenvalue weighted by Gasteiger charge is 2.46. The standard InChI is InChI=1S/C33H22F3N3O3S/c34-33(35,36)24-9-11-25(12-10-24)43-28-18-38-27-16-22(20-3-1-19(17-37)2-4-20)15-26(29(27)28)30(40)39-32(13-14-32)23-7-5-21(6-8-23)31(41)42/h1-12,15-16,18,38H,13-14H2,(H,39,40)(H,41,42). The number of nitriles is 1. The summed E-state index contributed by atoms with van der Waals surface area (Å²) >= 11 is 1.25. The lowest BCUT2D eigenvalue weighted by atomic mass is 9.98. The molecule has 1 saturated carbocycles. The van der Waals surface area contributed by atoms with Gasteiger partial charge in [-0.25, -0.2) is 4.79 Å². The number of fused-ring (bicyclic) bond motifs is 1. The lowest BCUT2D eigenvalue weighted by Gasteiger charge is -2.19. The number of nitrogens with zero attached hydrogens (tertiary/aromatic N) is 1. The van der Waals surface area contributed by atoms with Gasteiger partial charge in [0.2, 0.25) is 0 Å². The molecule has 6 rings (SSSR count). The number of amides is 1. The van der Waals surface area contributed by atoms with Gasteiger partial charge in [0, 0.05) is 26.9 Å². The van der Waals surface area contributed by atoms with Crippen molar-refractivity contribution in [3.8, 4) is 17.2 Å². The molecule has 3 N–H and O–H groups in total. The predicted molar refractivity (Wildman–Crippen MR) is 156 cm³/mol. The fourth-order valence-electron chi connectivity index (χ4n) is 5.07. The van der Waals surface area contributed by atoms with Gasteiger partial charge in [-0.1, -0.05) is 36.0 Å². The monoisotopic (exact) mass is 597 g/mol. The molecule has 0 aliphatic heterocycles. The van der Waals surface area contributed by atoms with Crippen LogP contribution in [0.4, 0.5) is 13.2 Å². The van der Waals surface area contributed by atoms with Gasteiger partial charge in [0.05, 0.1) is 33.9 Å². The van der Waals surface area contributed by atoms with Gasteiger partial charge in [0.25, 0.3) is 5.91 Å². The second kappa shape index (κ2) is 10.7. The molecular weight excluding hydrogens is 575 g/mol. The summed E-state index contributed by atoms with van der Waals surface area (Å²) in [4.78, 5) is 29.8. The van der Waals surface area contributed by atoms with Crippen molar-refractivity contribution in [1.82, 2.24) is 10.3 Å². The number of aromatic nitrogens is 1. The van der Waals surface area contributed by atoms with Crippen LogP contribution in [-0.4, -0.2) is 22.0 Å². The topological polar surface area (TPSA) is 106 Å². The SMILES string of the molecule is N#Cc1ccc(-c2cc(C(=O)NC3(c4ccc(C(=O)O)cc4)CC3)c3c(Sc4ccc(C(F)(F)F)cc4)c[nH]c3c2)cc1. The van der Waals surface area contributed by atoms with E-state index in [1.807, 2.05) is 6.07 Å². The van der Waals surface area contributed by atoms with Crippen LogP contribution in [0.15, 0.2) is 101 Å². The summed E-state index contributed by atoms with van der Waals surface area (Å²) in [6.45, 7) is 0. The molecule has 0 radical (unpaired) electrons. The molecule has 1 amide bonds. The number of carbonyl (C=O) groups excluding carboxylic acids is 1. The van der Waals surface area contributed by atoms with Crippen molar-refractivity contribution in [3.63, 3.8) is 0 Å². The van der Waals surface area contributed by atoms with Crippen molar-refractivity contribution in [2.75, 3.05) is 0 Å². The Morgan fingerprint density at radius 3 is 2.19 bits per heavy atom. The number of carboxylic acids is 1. The molecule has 1 aromatic heterocycles. The highest BCUT2D eigenvalue weighted by Crippen LogP contribution is 2.46. The molecule has 4 aromatic carbocycles. The van der Waals surface area contributed by atoms with Gasteiger partial charge in [-0.2, -0.15) is 18.4 Å². The van der Waals surface area contributed by atoms with Crippen molar-refractivity contribution < 1.29 is 27.9 Å². The number of nitrogens with one attached hydrogen (secondary N) is 2. The van der Waals surface area contributed by atoms with E-state index in [1.54, 1.807) is 48.7 Å². The van der Waals surface area contributed by atoms with Gasteiger partial charge in [-0.05, 0) is 90.2 Å². The van der Waals surface area contributed by atoms with Crippen LogP contribution in [-0.2, 0) is 11.7 Å². The third-order valence-electron chi connectivity index (χ3n) is 7.53. The Morgan fingerprint density at radius 1 is 0.930 bits per heavy atom. The van der Waals surface area contributed by atoms with Crippen LogP contribution in [0.25, 0.3) is 22.0 Å². The summed E-state index contributed by atoms with van der Waals surface area (Å²) in [6, 6.07) is 24.0. The Bertz CT molecular complexity index is 1900. The smallest absolute Gasteiger partial charge is 0.416 e. The Balaban J connectivity index is 1.39. The van der Waals surface area contributed by atoms with E-state index in [0.29, 0.717) is 44.7 Å². The number of aromatic carboxylic acids is 1. The Morgan fingerprint density at radius 2 is 1.60 bits per heavy atom. The van der Waals surface area contributed by atoms with E-state index in [-0.39, 0.29) is 11.5 Å². The number of alkyl halides is 3. The summed E-state index contributed by atoms with van der Waals surface area (Å²) in [5, 5.41) is 22.2. The van der Waals surface area contributed by atoms with Gasteiger partial charge in [0.1, 0.15) is 0 Å². The number of hydrogen-bond acceptors (Lipinski definition) is 4. The Labute approximate surface area is 248 Å². The van der Waals surface area contributed by atoms with Gasteiger partial charge in [-0.3, -0.25) is 4.79 Å². The first kappa shape index (κ1) is 28.1. The highest BCUT2D eigenvalue weighted by atomic mass is 32.2. The minimum absolute atomic E-state index is 0.153. The molecule has 0 unspecified atom stereocenters. The van der Waals surface area contributed by atoms with E-state index in [9.17, 15) is 33.1 Å². The molecule has 0 saturated heterocycles. The maximum Gasteiger partial charge on any atom is 0.416 e. The summed E-state index contributed by atoms with van der Waals surface area (Å²) in [6.07, 6.45) is -1.35. The van der Waals surface area contributed by atoms with Crippen LogP contribution in [0.3, 0.4) is 0 Å². The number of carbonyl (C=O) groups is 2. The van der Waals surface area contributed by atoms with Crippen molar-refractivity contribution >= 4 is 34.5 Å². The number of halogens is 3. The average molecular weight is 598 g/mol. The third-order valence-corrected chi connectivity index (χ3v) is 8.58. The van der Waals surface area contributed by atoms with Gasteiger partial charge < -0.3 is 15.4 Å². The normalized spacial score (nSPS) is 13.8. The minimum atomic E-state index is -4.44. The van der Waals surface area contributed by atoms with Crippen LogP contribution in [0.1, 0.15) is 50.2 Å². The largest absolute Gasteiger partial charge is 0.478 e. The molecular formula is C33H22F3N3O3S. The molecule has 10 heteroatoms. The van der Waals surface area contributed by atoms with Crippen LogP contribution in [0.2, 0.25) is 0 Å². The summed E-state index contributed by atoms with van der Waals surface area (Å²) < 4.78 is 39.3. The predicted octanol–water partition coefficient (Wildman–Crippen LogP) is 7.99. The molecule has 6 nitrogen and oxygen atoms in total. The average Bonchev–Trinajstić information content (AvgIpc) is 3.68. The summed E-state index contributed by atoms with van der Waals surface area (Å²) in [7, 11) is 0. The molecule has 0 atom stereocenters. The van der Waals surface area contributed by atoms with E-state index in [2.05, 4.69) is 16.4 Å². The van der Waals surface area contributed by atoms with Gasteiger partial charge in [0.15, 0.2) is 0 Å². The van der Waals surface area contributed by atoms with Crippen molar-refractivity contribution in [1.29, 1.82) is 5.26 Å². The zero-order chi connectivity index (χ0) is 30.4. The van der Waals surface area contributed by atoms with Crippen LogP contribution < -0.4 is 5.32 Å². The Hall–Kier alpha value is -5.01. The lowest BCUT2D eigenvalue weighted by molar-refractivity contribution is -0.137. The van der Waals surface area contributed by atoms with Gasteiger partial charge in [-0.15, -0.1) is 0 Å². The summed E-state index contributed by atoms with van der Waals surface area (Å²) in [5.74, 6) is -1.37. The fourth-order valence-corrected chi connectivity index (χ4v) is 6.03. The van der Waals surface area contributed by atoms with E-state index in [4.69, 9.17) is 0 Å². The maximum atomic E-state index is 14.0. The molecule has 0 bridgehead atoms. The Kier molecular flexibility index (Phi) is 6.98. The molecule has 1 heterocycles. The first-order valence-corrected chi connectivity index (χ1v) is 14.1. The lowest BCUT2D eigenvalue weighted by Crippen LogP contribution is -2.35. The molecule has 1 aliphatic carbocycles. The third kappa shape index (κ3) is 5.59. The van der Waals surface area contributed by atoms with E-state index < -0.39 is 23.2 Å². The highest BCUT2D eigenvalue weighted by molar-refractivity contribution is 7.99. The number of rotatable bonds is 7. The number of benzene rings is 4. The molecule has 0 spiro atoms. The number of aromatic amines is 1. The zero-order valence-corrected chi connectivity index (χ0v) is 23.1. The van der Waals surface area contributed by atoms with Crippen LogP contribution in [0.5, 0.6) is 0 Å². The van der Waals surface area contributed by atoms with Crippen molar-refractivity contribution in [2.45, 2.75) is 34.3 Å². The van der Waals surface area contributed by atoms with E-state index in [1.165, 1.54) is 36.0 Å². The zero-order valence-electron chi connectivity index (χ0n) is 22.3. The quantitative estimate of drug-likeness (QED) is 0.176. The first-order valence-electron chi connectivity index (χ1n) is 13.2. The van der Waals surface area contributed by atoms with Crippen LogP contribution in [0, 0.1) is 11.3 Å². The molecule has 1 aliphatic rings. The summed E-state index contributed by atoms with van der Waals surface area (Å²) in [5.41, 5.74) is 2.66. The number of hydrogen-bond donors (Lipinski definition) is 3. The second-order valence-electron chi connectivity index (χ2n) is 10.3. The molecule has 5 aromatic rings. The van der Waals surface area contributed by atoms with Crippen LogP contribution >= 0.6 is 11.8 Å². The molecule has 1 fully saturated rings. The van der Waals surface area contributed by atoms with Crippen molar-refractivity contribution in [2.24, 2.45) is 0 Å². The number of H-pyrrole nitrogens is 1. The van der Waals surface area contributed by atoms with E-state index >= 15 is 0 Å². The maximum absolute atomic E-state index is 14.0. The van der Waals surface area contributed by atoms with Crippen molar-refractivity contribution in [3.05, 3.63) is 119 Å². The molecule has 214 valence electrons. The number of carboxylic acid groups (broad SMARTS) is 1. The first-order chi connectivity index (χ1) is 20.6.